The Morgan fingerprint density at radius 3 is 2.56 bits per heavy atom. The van der Waals surface area contributed by atoms with Crippen molar-refractivity contribution in [3.8, 4) is 10.6 Å². The van der Waals surface area contributed by atoms with Crippen LogP contribution in [0, 0.1) is 12.7 Å². The third-order valence-corrected chi connectivity index (χ3v) is 6.70. The summed E-state index contributed by atoms with van der Waals surface area (Å²) in [5, 5.41) is 3.86. The van der Waals surface area contributed by atoms with Gasteiger partial charge in [0.05, 0.1) is 16.8 Å². The fraction of sp³-hybridized carbons (Fsp3) is 0.240. The Kier molecular flexibility index (Phi) is 5.68. The van der Waals surface area contributed by atoms with E-state index < -0.39 is 0 Å². The molecule has 1 aliphatic rings. The van der Waals surface area contributed by atoms with Gasteiger partial charge in [-0.2, -0.15) is 0 Å². The predicted molar refractivity (Wildman–Crippen MR) is 125 cm³/mol. The maximum atomic E-state index is 13.3. The smallest absolute Gasteiger partial charge is 0.254 e. The first-order chi connectivity index (χ1) is 15.6. The number of aryl methyl sites for hydroxylation is 1. The molecule has 0 aliphatic carbocycles. The van der Waals surface area contributed by atoms with E-state index in [1.807, 2.05) is 42.2 Å². The summed E-state index contributed by atoms with van der Waals surface area (Å²) >= 11 is 1.57. The lowest BCUT2D eigenvalue weighted by atomic mass is 10.1. The molecular formula is C25H23FN4OS. The lowest BCUT2D eigenvalue weighted by Crippen LogP contribution is -2.48. The molecule has 1 fully saturated rings. The molecule has 0 radical (unpaired) electrons. The van der Waals surface area contributed by atoms with Crippen LogP contribution in [-0.4, -0.2) is 51.9 Å². The van der Waals surface area contributed by atoms with Gasteiger partial charge in [0.15, 0.2) is 0 Å². The Labute approximate surface area is 190 Å². The number of halogens is 1. The van der Waals surface area contributed by atoms with Gasteiger partial charge in [-0.3, -0.25) is 14.7 Å². The van der Waals surface area contributed by atoms with Crippen molar-refractivity contribution < 1.29 is 9.18 Å². The first-order valence-electron chi connectivity index (χ1n) is 10.7. The number of fused-ring (bicyclic) bond motifs is 1. The number of nitrogens with zero attached hydrogens (tertiary/aromatic N) is 4. The Morgan fingerprint density at radius 1 is 1.03 bits per heavy atom. The summed E-state index contributed by atoms with van der Waals surface area (Å²) < 4.78 is 13.2. The van der Waals surface area contributed by atoms with E-state index in [4.69, 9.17) is 4.98 Å². The average molecular weight is 447 g/mol. The van der Waals surface area contributed by atoms with Gasteiger partial charge >= 0.3 is 0 Å². The second-order valence-electron chi connectivity index (χ2n) is 8.05. The zero-order valence-electron chi connectivity index (χ0n) is 17.8. The number of aromatic nitrogens is 2. The normalized spacial score (nSPS) is 14.8. The van der Waals surface area contributed by atoms with Crippen LogP contribution in [0.3, 0.4) is 0 Å². The van der Waals surface area contributed by atoms with Crippen molar-refractivity contribution in [1.29, 1.82) is 0 Å². The van der Waals surface area contributed by atoms with Crippen LogP contribution in [0.1, 0.15) is 21.7 Å². The van der Waals surface area contributed by atoms with Crippen molar-refractivity contribution in [2.45, 2.75) is 13.5 Å². The molecule has 0 bridgehead atoms. The van der Waals surface area contributed by atoms with Crippen LogP contribution in [0.15, 0.2) is 60.0 Å². The average Bonchev–Trinajstić information content (AvgIpc) is 3.27. The number of hydrogen-bond donors (Lipinski definition) is 0. The largest absolute Gasteiger partial charge is 0.336 e. The zero-order valence-corrected chi connectivity index (χ0v) is 18.6. The van der Waals surface area contributed by atoms with Crippen LogP contribution in [-0.2, 0) is 6.54 Å². The van der Waals surface area contributed by atoms with Crippen molar-refractivity contribution in [1.82, 2.24) is 19.8 Å². The van der Waals surface area contributed by atoms with Gasteiger partial charge in [-0.25, -0.2) is 9.37 Å². The fourth-order valence-electron chi connectivity index (χ4n) is 4.10. The minimum atomic E-state index is -0.243. The van der Waals surface area contributed by atoms with Crippen LogP contribution in [0.4, 0.5) is 4.39 Å². The zero-order chi connectivity index (χ0) is 22.1. The van der Waals surface area contributed by atoms with Crippen LogP contribution in [0.5, 0.6) is 0 Å². The van der Waals surface area contributed by atoms with Gasteiger partial charge in [-0.1, -0.05) is 18.2 Å². The van der Waals surface area contributed by atoms with Crippen molar-refractivity contribution >= 4 is 28.1 Å². The Bertz CT molecular complexity index is 1260. The monoisotopic (exact) mass is 446 g/mol. The van der Waals surface area contributed by atoms with E-state index in [2.05, 4.69) is 15.3 Å². The van der Waals surface area contributed by atoms with Gasteiger partial charge in [0.2, 0.25) is 0 Å². The maximum Gasteiger partial charge on any atom is 0.254 e. The minimum absolute atomic E-state index is 0.0682. The molecule has 0 saturated carbocycles. The number of para-hydroxylation sites is 1. The van der Waals surface area contributed by atoms with E-state index in [0.29, 0.717) is 13.1 Å². The van der Waals surface area contributed by atoms with Gasteiger partial charge in [0.1, 0.15) is 10.8 Å². The molecular weight excluding hydrogens is 423 g/mol. The standard InChI is InChI=1S/C25H23FN4OS/c1-17-14-22(21-4-2-3-5-23(21)27-17)25(31)30-12-10-29(11-13-30)15-20-16-32-24(28-20)18-6-8-19(26)9-7-18/h2-9,14,16H,10-13,15H2,1H3. The molecule has 32 heavy (non-hydrogen) atoms. The van der Waals surface area contributed by atoms with Crippen LogP contribution in [0.2, 0.25) is 0 Å². The molecule has 162 valence electrons. The fourth-order valence-corrected chi connectivity index (χ4v) is 4.91. The van der Waals surface area contributed by atoms with E-state index in [1.54, 1.807) is 23.5 Å². The number of carbonyl (C=O) groups excluding carboxylic acids is 1. The summed E-state index contributed by atoms with van der Waals surface area (Å²) in [5.41, 5.74) is 4.37. The van der Waals surface area contributed by atoms with Gasteiger partial charge in [0, 0.05) is 54.7 Å². The number of pyridine rings is 1. The summed E-state index contributed by atoms with van der Waals surface area (Å²) in [6, 6.07) is 16.1. The minimum Gasteiger partial charge on any atom is -0.336 e. The molecule has 3 heterocycles. The highest BCUT2D eigenvalue weighted by atomic mass is 32.1. The summed E-state index contributed by atoms with van der Waals surface area (Å²) in [6.45, 7) is 5.65. The lowest BCUT2D eigenvalue weighted by Gasteiger charge is -2.34. The van der Waals surface area contributed by atoms with Crippen LogP contribution >= 0.6 is 11.3 Å². The highest BCUT2D eigenvalue weighted by molar-refractivity contribution is 7.13. The highest BCUT2D eigenvalue weighted by Crippen LogP contribution is 2.25. The summed E-state index contributed by atoms with van der Waals surface area (Å²) in [6.07, 6.45) is 0. The van der Waals surface area contributed by atoms with Crippen molar-refractivity contribution in [2.75, 3.05) is 26.2 Å². The molecule has 5 rings (SSSR count). The number of carbonyl (C=O) groups is 1. The number of benzene rings is 2. The van der Waals surface area contributed by atoms with Gasteiger partial charge < -0.3 is 4.90 Å². The molecule has 0 unspecified atom stereocenters. The van der Waals surface area contributed by atoms with Gasteiger partial charge in [0.25, 0.3) is 5.91 Å². The molecule has 7 heteroatoms. The molecule has 4 aromatic rings. The molecule has 0 N–H and O–H groups in total. The highest BCUT2D eigenvalue weighted by Gasteiger charge is 2.24. The SMILES string of the molecule is Cc1cc(C(=O)N2CCN(Cc3csc(-c4ccc(F)cc4)n3)CC2)c2ccccc2n1. The Balaban J connectivity index is 1.23. The molecule has 1 amide bonds. The molecule has 0 atom stereocenters. The Hall–Kier alpha value is -3.16. The molecule has 0 spiro atoms. The van der Waals surface area contributed by atoms with Crippen LogP contribution in [0.25, 0.3) is 21.5 Å². The Morgan fingerprint density at radius 2 is 1.78 bits per heavy atom. The van der Waals surface area contributed by atoms with Crippen LogP contribution < -0.4 is 0 Å². The second-order valence-corrected chi connectivity index (χ2v) is 8.91. The number of hydrogen-bond acceptors (Lipinski definition) is 5. The quantitative estimate of drug-likeness (QED) is 0.453. The third kappa shape index (κ3) is 4.26. The third-order valence-electron chi connectivity index (χ3n) is 5.76. The number of thiazole rings is 1. The maximum absolute atomic E-state index is 13.3. The van der Waals surface area contributed by atoms with E-state index in [9.17, 15) is 9.18 Å². The molecule has 1 aliphatic heterocycles. The number of rotatable bonds is 4. The predicted octanol–water partition coefficient (Wildman–Crippen LogP) is 4.76. The summed E-state index contributed by atoms with van der Waals surface area (Å²) in [7, 11) is 0. The topological polar surface area (TPSA) is 49.3 Å². The van der Waals surface area contributed by atoms with Gasteiger partial charge in [-0.15, -0.1) is 11.3 Å². The number of amides is 1. The summed E-state index contributed by atoms with van der Waals surface area (Å²) in [5.74, 6) is -0.175. The van der Waals surface area contributed by atoms with Gasteiger partial charge in [-0.05, 0) is 43.3 Å². The van der Waals surface area contributed by atoms with E-state index in [-0.39, 0.29) is 11.7 Å². The van der Waals surface area contributed by atoms with Crippen molar-refractivity contribution in [2.24, 2.45) is 0 Å². The first-order valence-corrected chi connectivity index (χ1v) is 11.5. The summed E-state index contributed by atoms with van der Waals surface area (Å²) in [4.78, 5) is 26.8. The molecule has 2 aromatic heterocycles. The van der Waals surface area contributed by atoms with Crippen molar-refractivity contribution in [3.05, 3.63) is 82.7 Å². The van der Waals surface area contributed by atoms with E-state index in [0.717, 1.165) is 58.1 Å². The van der Waals surface area contributed by atoms with E-state index >= 15 is 0 Å². The number of piperazine rings is 1. The molecule has 2 aromatic carbocycles. The second kappa shape index (κ2) is 8.76. The molecule has 1 saturated heterocycles. The first kappa shape index (κ1) is 20.7. The lowest BCUT2D eigenvalue weighted by molar-refractivity contribution is 0.0629. The van der Waals surface area contributed by atoms with E-state index in [1.165, 1.54) is 12.1 Å². The van der Waals surface area contributed by atoms with Crippen molar-refractivity contribution in [3.63, 3.8) is 0 Å². The molecule has 5 nitrogen and oxygen atoms in total.